The van der Waals surface area contributed by atoms with Crippen molar-refractivity contribution in [1.29, 1.82) is 5.26 Å². The van der Waals surface area contributed by atoms with Crippen LogP contribution < -0.4 is 4.74 Å². The third kappa shape index (κ3) is 4.57. The minimum absolute atomic E-state index is 0.245. The van der Waals surface area contributed by atoms with Gasteiger partial charge in [-0.05, 0) is 25.1 Å². The van der Waals surface area contributed by atoms with Gasteiger partial charge < -0.3 is 9.47 Å². The molecule has 0 amide bonds. The molecule has 0 saturated heterocycles. The molecule has 0 aliphatic heterocycles. The Morgan fingerprint density at radius 1 is 1.27 bits per heavy atom. The molecule has 0 unspecified atom stereocenters. The van der Waals surface area contributed by atoms with Crippen LogP contribution in [0, 0.1) is 24.1 Å². The number of benzene rings is 1. The van der Waals surface area contributed by atoms with Gasteiger partial charge in [0.25, 0.3) is 0 Å². The van der Waals surface area contributed by atoms with E-state index in [-0.39, 0.29) is 5.56 Å². The highest BCUT2D eigenvalue weighted by molar-refractivity contribution is 5.42. The average Bonchev–Trinajstić information content (AvgIpc) is 2.90. The number of nitriles is 1. The van der Waals surface area contributed by atoms with Crippen molar-refractivity contribution in [3.63, 3.8) is 0 Å². The Hall–Kier alpha value is -2.39. The predicted octanol–water partition coefficient (Wildman–Crippen LogP) is 3.24. The minimum Gasteiger partial charge on any atom is -0.474 e. The van der Waals surface area contributed by atoms with Crippen LogP contribution in [0.25, 0.3) is 5.69 Å². The number of halogens is 1. The number of nitrogens with zero attached hydrogens (tertiary/aromatic N) is 3. The molecule has 5 nitrogen and oxygen atoms in total. The minimum atomic E-state index is -0.478. The Bertz CT molecular complexity index is 647. The lowest BCUT2D eigenvalue weighted by Crippen LogP contribution is -2.05. The van der Waals surface area contributed by atoms with Crippen molar-refractivity contribution in [2.75, 3.05) is 20.3 Å². The normalized spacial score (nSPS) is 9.64. The van der Waals surface area contributed by atoms with E-state index in [9.17, 15) is 4.39 Å². The number of aryl methyl sites for hydroxylation is 1. The van der Waals surface area contributed by atoms with E-state index in [0.717, 1.165) is 5.56 Å². The lowest BCUT2D eigenvalue weighted by atomic mass is 10.2. The fourth-order valence-corrected chi connectivity index (χ4v) is 1.71. The highest BCUT2D eigenvalue weighted by atomic mass is 19.1. The Balaban J connectivity index is 0.00000116. The molecule has 0 aliphatic carbocycles. The second-order valence-electron chi connectivity index (χ2n) is 4.21. The third-order valence-corrected chi connectivity index (χ3v) is 2.65. The molecule has 0 atom stereocenters. The molecule has 118 valence electrons. The third-order valence-electron chi connectivity index (χ3n) is 2.65. The van der Waals surface area contributed by atoms with Gasteiger partial charge in [-0.15, -0.1) is 5.10 Å². The maximum Gasteiger partial charge on any atom is 0.236 e. The molecule has 0 bridgehead atoms. The second-order valence-corrected chi connectivity index (χ2v) is 4.21. The van der Waals surface area contributed by atoms with Gasteiger partial charge in [0.05, 0.1) is 23.9 Å². The lowest BCUT2D eigenvalue weighted by Gasteiger charge is -2.03. The molecule has 1 heterocycles. The molecule has 2 rings (SSSR count). The van der Waals surface area contributed by atoms with Crippen LogP contribution in [-0.4, -0.2) is 30.1 Å². The van der Waals surface area contributed by atoms with Gasteiger partial charge in [0.2, 0.25) is 5.88 Å². The molecule has 0 radical (unpaired) electrons. The summed E-state index contributed by atoms with van der Waals surface area (Å²) in [5.74, 6) is -0.0149. The molecule has 0 N–H and O–H groups in total. The van der Waals surface area contributed by atoms with E-state index in [1.807, 2.05) is 26.8 Å². The monoisotopic (exact) mass is 305 g/mol. The maximum atomic E-state index is 13.4. The Morgan fingerprint density at radius 2 is 2.00 bits per heavy atom. The van der Waals surface area contributed by atoms with Crippen LogP contribution in [0.15, 0.2) is 24.4 Å². The summed E-state index contributed by atoms with van der Waals surface area (Å²) < 4.78 is 25.2. The fourth-order valence-electron chi connectivity index (χ4n) is 1.71. The van der Waals surface area contributed by atoms with Crippen LogP contribution in [-0.2, 0) is 4.74 Å². The first-order valence-electron chi connectivity index (χ1n) is 7.03. The predicted molar refractivity (Wildman–Crippen MR) is 81.7 cm³/mol. The summed E-state index contributed by atoms with van der Waals surface area (Å²) in [7, 11) is 1.59. The largest absolute Gasteiger partial charge is 0.474 e. The number of aromatic nitrogens is 2. The summed E-state index contributed by atoms with van der Waals surface area (Å²) in [6.07, 6.45) is 1.72. The second kappa shape index (κ2) is 8.80. The van der Waals surface area contributed by atoms with E-state index in [1.165, 1.54) is 16.8 Å². The van der Waals surface area contributed by atoms with Gasteiger partial charge >= 0.3 is 0 Å². The number of ether oxygens (including phenoxy) is 2. The van der Waals surface area contributed by atoms with Crippen molar-refractivity contribution < 1.29 is 13.9 Å². The molecule has 0 fully saturated rings. The zero-order valence-corrected chi connectivity index (χ0v) is 13.3. The fraction of sp³-hybridized carbons (Fsp3) is 0.375. The van der Waals surface area contributed by atoms with Crippen molar-refractivity contribution in [3.05, 3.63) is 41.3 Å². The first-order chi connectivity index (χ1) is 10.6. The number of methoxy groups -OCH3 is 1. The van der Waals surface area contributed by atoms with Crippen molar-refractivity contribution in [3.8, 4) is 17.6 Å². The molecule has 0 saturated carbocycles. The molecule has 6 heteroatoms. The molecule has 0 spiro atoms. The van der Waals surface area contributed by atoms with Crippen molar-refractivity contribution in [1.82, 2.24) is 9.78 Å². The molecular formula is C16H20FN3O2. The molecule has 1 aromatic carbocycles. The van der Waals surface area contributed by atoms with Gasteiger partial charge in [-0.3, -0.25) is 0 Å². The van der Waals surface area contributed by atoms with E-state index >= 15 is 0 Å². The van der Waals surface area contributed by atoms with Crippen molar-refractivity contribution >= 4 is 0 Å². The van der Waals surface area contributed by atoms with E-state index in [4.69, 9.17) is 14.7 Å². The summed E-state index contributed by atoms with van der Waals surface area (Å²) in [4.78, 5) is 0. The van der Waals surface area contributed by atoms with Gasteiger partial charge in [-0.2, -0.15) is 5.26 Å². The van der Waals surface area contributed by atoms with Crippen LogP contribution in [0.3, 0.4) is 0 Å². The van der Waals surface area contributed by atoms with Crippen LogP contribution in [0.4, 0.5) is 4.39 Å². The highest BCUT2D eigenvalue weighted by Crippen LogP contribution is 2.19. The zero-order chi connectivity index (χ0) is 16.5. The Kier molecular flexibility index (Phi) is 7.06. The van der Waals surface area contributed by atoms with Crippen molar-refractivity contribution in [2.45, 2.75) is 20.8 Å². The molecule has 2 aromatic rings. The van der Waals surface area contributed by atoms with Crippen molar-refractivity contribution in [2.24, 2.45) is 0 Å². The Labute approximate surface area is 129 Å². The van der Waals surface area contributed by atoms with Gasteiger partial charge in [0.15, 0.2) is 0 Å². The molecular weight excluding hydrogens is 285 g/mol. The Morgan fingerprint density at radius 3 is 2.64 bits per heavy atom. The number of hydrogen-bond donors (Lipinski definition) is 0. The summed E-state index contributed by atoms with van der Waals surface area (Å²) in [6.45, 7) is 6.70. The zero-order valence-electron chi connectivity index (χ0n) is 13.3. The summed E-state index contributed by atoms with van der Waals surface area (Å²) >= 11 is 0. The van der Waals surface area contributed by atoms with Gasteiger partial charge in [0.1, 0.15) is 12.4 Å². The van der Waals surface area contributed by atoms with E-state index in [0.29, 0.717) is 24.8 Å². The van der Waals surface area contributed by atoms with E-state index < -0.39 is 5.82 Å². The topological polar surface area (TPSA) is 60.1 Å². The van der Waals surface area contributed by atoms with E-state index in [2.05, 4.69) is 5.10 Å². The average molecular weight is 305 g/mol. The van der Waals surface area contributed by atoms with Gasteiger partial charge in [0, 0.05) is 18.9 Å². The smallest absolute Gasteiger partial charge is 0.236 e. The number of hydrogen-bond acceptors (Lipinski definition) is 4. The standard InChI is InChI=1S/C14H14FN3O2.C2H6/c1-10-9-18(17-14(10)20-4-3-19-2)13-6-11(8-16)5-12(15)7-13;1-2/h5-7,9H,3-4H2,1-2H3;1-2H3. The quantitative estimate of drug-likeness (QED) is 0.796. The van der Waals surface area contributed by atoms with Crippen LogP contribution in [0.1, 0.15) is 25.0 Å². The summed E-state index contributed by atoms with van der Waals surface area (Å²) in [5, 5.41) is 13.1. The molecule has 0 aliphatic rings. The first kappa shape index (κ1) is 17.7. The van der Waals surface area contributed by atoms with Crippen LogP contribution in [0.5, 0.6) is 5.88 Å². The van der Waals surface area contributed by atoms with Crippen LogP contribution in [0.2, 0.25) is 0 Å². The van der Waals surface area contributed by atoms with E-state index in [1.54, 1.807) is 19.4 Å². The number of rotatable bonds is 5. The van der Waals surface area contributed by atoms with Crippen LogP contribution >= 0.6 is 0 Å². The SMILES string of the molecule is CC.COCCOc1nn(-c2cc(F)cc(C#N)c2)cc1C. The lowest BCUT2D eigenvalue weighted by molar-refractivity contribution is 0.143. The summed E-state index contributed by atoms with van der Waals surface area (Å²) in [6, 6.07) is 5.96. The highest BCUT2D eigenvalue weighted by Gasteiger charge is 2.09. The first-order valence-corrected chi connectivity index (χ1v) is 7.03. The van der Waals surface area contributed by atoms with Gasteiger partial charge in [-0.1, -0.05) is 13.8 Å². The molecule has 1 aromatic heterocycles. The maximum absolute atomic E-state index is 13.4. The molecule has 22 heavy (non-hydrogen) atoms. The summed E-state index contributed by atoms with van der Waals surface area (Å²) in [5.41, 5.74) is 1.55. The van der Waals surface area contributed by atoms with Gasteiger partial charge in [-0.25, -0.2) is 9.07 Å².